The topological polar surface area (TPSA) is 54.5 Å². The molecule has 1 aromatic rings. The van der Waals surface area contributed by atoms with E-state index in [1.54, 1.807) is 0 Å². The summed E-state index contributed by atoms with van der Waals surface area (Å²) >= 11 is 0. The number of carbonyl (C=O) groups is 1. The van der Waals surface area contributed by atoms with Gasteiger partial charge < -0.3 is 20.1 Å². The smallest absolute Gasteiger partial charge is 0.154 e. The summed E-state index contributed by atoms with van der Waals surface area (Å²) in [5, 5.41) is 0. The number of hydrogen-bond acceptors (Lipinski definition) is 4. The fourth-order valence-electron chi connectivity index (χ4n) is 3.03. The number of aldehydes is 1. The highest BCUT2D eigenvalue weighted by atomic mass is 16.1. The van der Waals surface area contributed by atoms with Crippen LogP contribution in [0.5, 0.6) is 0 Å². The fraction of sp³-hybridized carbons (Fsp3) is 0.421. The highest BCUT2D eigenvalue weighted by Crippen LogP contribution is 2.34. The minimum Gasteiger partial charge on any atom is -0.365 e. The number of allylic oxidation sites excluding steroid dienone is 4. The summed E-state index contributed by atoms with van der Waals surface area (Å²) in [7, 11) is 5.80. The van der Waals surface area contributed by atoms with Crippen molar-refractivity contribution in [1.29, 1.82) is 0 Å². The van der Waals surface area contributed by atoms with Crippen LogP contribution in [0.15, 0.2) is 36.3 Å². The second-order valence-electron chi connectivity index (χ2n) is 6.44. The lowest BCUT2D eigenvalue weighted by Gasteiger charge is -2.26. The Bertz CT molecular complexity index is 694. The van der Waals surface area contributed by atoms with Crippen LogP contribution in [0.4, 0.5) is 5.69 Å². The SMILES string of the molecule is C=C(N(C)C)N(C)c1cn(CCN)c(C2=CCCC(C)=C2)c1C=O. The third kappa shape index (κ3) is 3.46. The van der Waals surface area contributed by atoms with Crippen LogP contribution >= 0.6 is 0 Å². The summed E-state index contributed by atoms with van der Waals surface area (Å²) in [6.45, 7) is 7.41. The largest absolute Gasteiger partial charge is 0.365 e. The molecule has 2 N–H and O–H groups in total. The van der Waals surface area contributed by atoms with Crippen molar-refractivity contribution >= 4 is 17.5 Å². The van der Waals surface area contributed by atoms with Crippen LogP contribution < -0.4 is 10.6 Å². The molecule has 1 aliphatic rings. The van der Waals surface area contributed by atoms with Crippen LogP contribution in [0, 0.1) is 0 Å². The molecule has 0 radical (unpaired) electrons. The maximum atomic E-state index is 11.9. The molecule has 0 aliphatic heterocycles. The molecule has 0 atom stereocenters. The summed E-state index contributed by atoms with van der Waals surface area (Å²) < 4.78 is 2.08. The van der Waals surface area contributed by atoms with E-state index in [2.05, 4.69) is 30.2 Å². The Kier molecular flexibility index (Phi) is 5.67. The first-order valence-corrected chi connectivity index (χ1v) is 8.26. The lowest BCUT2D eigenvalue weighted by atomic mass is 9.96. The molecule has 0 aromatic carbocycles. The standard InChI is InChI=1S/C19H28N4O/c1-14-7-6-8-16(11-14)19-17(13-24)18(12-23(19)10-9-20)22(5)15(2)21(3)4/h8,11-13H,2,6-7,9-10,20H2,1,3-5H3. The normalized spacial score (nSPS) is 14.0. The van der Waals surface area contributed by atoms with Gasteiger partial charge in [0.25, 0.3) is 0 Å². The quantitative estimate of drug-likeness (QED) is 0.782. The van der Waals surface area contributed by atoms with Crippen LogP contribution in [0.1, 0.15) is 35.8 Å². The number of carbonyl (C=O) groups excluding carboxylic acids is 1. The van der Waals surface area contributed by atoms with Gasteiger partial charge in [0.05, 0.1) is 16.9 Å². The number of hydrogen-bond donors (Lipinski definition) is 1. The van der Waals surface area contributed by atoms with Crippen molar-refractivity contribution in [2.45, 2.75) is 26.3 Å². The second kappa shape index (κ2) is 7.53. The van der Waals surface area contributed by atoms with Gasteiger partial charge in [-0.1, -0.05) is 24.3 Å². The van der Waals surface area contributed by atoms with Gasteiger partial charge >= 0.3 is 0 Å². The molecule has 130 valence electrons. The third-order valence-electron chi connectivity index (χ3n) is 4.43. The molecule has 0 saturated carbocycles. The van der Waals surface area contributed by atoms with Gasteiger partial charge in [0.1, 0.15) is 5.82 Å². The van der Waals surface area contributed by atoms with Gasteiger partial charge in [0.2, 0.25) is 0 Å². The minimum atomic E-state index is 0.522. The molecule has 1 aliphatic carbocycles. The number of aromatic nitrogens is 1. The van der Waals surface area contributed by atoms with E-state index in [1.807, 2.05) is 37.1 Å². The monoisotopic (exact) mass is 328 g/mol. The Morgan fingerprint density at radius 2 is 2.12 bits per heavy atom. The van der Waals surface area contributed by atoms with Gasteiger partial charge in [-0.05, 0) is 25.3 Å². The van der Waals surface area contributed by atoms with Crippen LogP contribution in [0.25, 0.3) is 5.57 Å². The van der Waals surface area contributed by atoms with Gasteiger partial charge in [-0.15, -0.1) is 0 Å². The van der Waals surface area contributed by atoms with E-state index in [0.29, 0.717) is 18.7 Å². The minimum absolute atomic E-state index is 0.522. The van der Waals surface area contributed by atoms with Crippen LogP contribution in [-0.2, 0) is 6.54 Å². The highest BCUT2D eigenvalue weighted by Gasteiger charge is 2.22. The molecule has 0 spiro atoms. The van der Waals surface area contributed by atoms with E-state index in [4.69, 9.17) is 5.73 Å². The van der Waals surface area contributed by atoms with Crippen LogP contribution in [0.2, 0.25) is 0 Å². The van der Waals surface area contributed by atoms with Gasteiger partial charge in [-0.3, -0.25) is 4.79 Å². The van der Waals surface area contributed by atoms with Gasteiger partial charge in [0.15, 0.2) is 6.29 Å². The second-order valence-corrected chi connectivity index (χ2v) is 6.44. The highest BCUT2D eigenvalue weighted by molar-refractivity contribution is 5.94. The molecule has 1 heterocycles. The van der Waals surface area contributed by atoms with E-state index in [0.717, 1.165) is 41.9 Å². The summed E-state index contributed by atoms with van der Waals surface area (Å²) in [5.41, 5.74) is 10.7. The fourth-order valence-corrected chi connectivity index (χ4v) is 3.03. The maximum Gasteiger partial charge on any atom is 0.154 e. The number of nitrogens with zero attached hydrogens (tertiary/aromatic N) is 3. The van der Waals surface area contributed by atoms with E-state index < -0.39 is 0 Å². The molecule has 2 rings (SSSR count). The lowest BCUT2D eigenvalue weighted by molar-refractivity contribution is 0.112. The summed E-state index contributed by atoms with van der Waals surface area (Å²) in [6, 6.07) is 0. The average Bonchev–Trinajstić information content (AvgIpc) is 2.92. The number of nitrogens with two attached hydrogens (primary N) is 1. The zero-order valence-electron chi connectivity index (χ0n) is 15.2. The Balaban J connectivity index is 2.59. The molecule has 0 unspecified atom stereocenters. The Morgan fingerprint density at radius 1 is 1.42 bits per heavy atom. The summed E-state index contributed by atoms with van der Waals surface area (Å²) in [5.74, 6) is 0.818. The molecular weight excluding hydrogens is 300 g/mol. The molecule has 0 fully saturated rings. The molecule has 1 aromatic heterocycles. The Morgan fingerprint density at radius 3 is 2.67 bits per heavy atom. The first-order chi connectivity index (χ1) is 11.4. The van der Waals surface area contributed by atoms with Crippen LogP contribution in [-0.4, -0.2) is 43.4 Å². The third-order valence-corrected chi connectivity index (χ3v) is 4.43. The zero-order chi connectivity index (χ0) is 17.9. The first kappa shape index (κ1) is 18.1. The lowest BCUT2D eigenvalue weighted by Crippen LogP contribution is -2.27. The number of anilines is 1. The van der Waals surface area contributed by atoms with Crippen molar-refractivity contribution < 1.29 is 4.79 Å². The van der Waals surface area contributed by atoms with Crippen molar-refractivity contribution in [2.75, 3.05) is 32.6 Å². The first-order valence-electron chi connectivity index (χ1n) is 8.26. The van der Waals surface area contributed by atoms with E-state index in [9.17, 15) is 4.79 Å². The maximum absolute atomic E-state index is 11.9. The summed E-state index contributed by atoms with van der Waals surface area (Å²) in [6.07, 6.45) is 9.38. The van der Waals surface area contributed by atoms with Crippen molar-refractivity contribution in [3.63, 3.8) is 0 Å². The van der Waals surface area contributed by atoms with Gasteiger partial charge in [-0.2, -0.15) is 0 Å². The molecule has 5 nitrogen and oxygen atoms in total. The van der Waals surface area contributed by atoms with E-state index in [1.165, 1.54) is 5.57 Å². The predicted octanol–water partition coefficient (Wildman–Crippen LogP) is 2.85. The molecule has 0 bridgehead atoms. The predicted molar refractivity (Wildman–Crippen MR) is 101 cm³/mol. The molecule has 24 heavy (non-hydrogen) atoms. The molecular formula is C19H28N4O. The van der Waals surface area contributed by atoms with E-state index in [-0.39, 0.29) is 0 Å². The van der Waals surface area contributed by atoms with Crippen molar-refractivity contribution in [2.24, 2.45) is 5.73 Å². The molecule has 0 amide bonds. The van der Waals surface area contributed by atoms with Gasteiger partial charge in [-0.25, -0.2) is 0 Å². The van der Waals surface area contributed by atoms with Crippen molar-refractivity contribution in [1.82, 2.24) is 9.47 Å². The molecule has 0 saturated heterocycles. The Hall–Kier alpha value is -2.27. The average molecular weight is 328 g/mol. The Labute approximate surface area is 144 Å². The molecule has 5 heteroatoms. The zero-order valence-corrected chi connectivity index (χ0v) is 15.2. The van der Waals surface area contributed by atoms with Crippen molar-refractivity contribution in [3.05, 3.63) is 47.6 Å². The van der Waals surface area contributed by atoms with Crippen molar-refractivity contribution in [3.8, 4) is 0 Å². The summed E-state index contributed by atoms with van der Waals surface area (Å²) in [4.78, 5) is 15.8. The van der Waals surface area contributed by atoms with Crippen LogP contribution in [0.3, 0.4) is 0 Å². The van der Waals surface area contributed by atoms with Gasteiger partial charge in [0, 0.05) is 40.4 Å². The number of rotatable bonds is 7. The van der Waals surface area contributed by atoms with E-state index >= 15 is 0 Å².